The maximum atomic E-state index is 13.0. The van der Waals surface area contributed by atoms with Crippen molar-refractivity contribution in [2.24, 2.45) is 0 Å². The van der Waals surface area contributed by atoms with E-state index in [0.29, 0.717) is 34.3 Å². The van der Waals surface area contributed by atoms with Gasteiger partial charge in [-0.15, -0.1) is 0 Å². The second-order valence-electron chi connectivity index (χ2n) is 9.05. The lowest BCUT2D eigenvalue weighted by Gasteiger charge is -2.35. The van der Waals surface area contributed by atoms with Crippen LogP contribution >= 0.6 is 0 Å². The summed E-state index contributed by atoms with van der Waals surface area (Å²) in [5.41, 5.74) is 2.85. The van der Waals surface area contributed by atoms with E-state index in [4.69, 9.17) is 14.2 Å². The van der Waals surface area contributed by atoms with Gasteiger partial charge in [-0.1, -0.05) is 30.3 Å². The Morgan fingerprint density at radius 3 is 2.31 bits per heavy atom. The summed E-state index contributed by atoms with van der Waals surface area (Å²) in [4.78, 5) is 26.3. The fraction of sp³-hybridized carbons (Fsp3) is 0.286. The van der Waals surface area contributed by atoms with E-state index in [2.05, 4.69) is 59.5 Å². The van der Waals surface area contributed by atoms with Crippen molar-refractivity contribution < 1.29 is 19.0 Å². The molecule has 1 amide bonds. The zero-order valence-electron chi connectivity index (χ0n) is 22.2. The quantitative estimate of drug-likeness (QED) is 0.336. The summed E-state index contributed by atoms with van der Waals surface area (Å²) in [7, 11) is 4.64. The number of hydrogen-bond donors (Lipinski definition) is 2. The highest BCUT2D eigenvalue weighted by molar-refractivity contribution is 6.03. The van der Waals surface area contributed by atoms with E-state index in [-0.39, 0.29) is 11.6 Å². The van der Waals surface area contributed by atoms with Gasteiger partial charge in [0.25, 0.3) is 5.91 Å². The molecule has 1 saturated heterocycles. The molecular formula is C28H31N7O4. The third-order valence-electron chi connectivity index (χ3n) is 6.62. The Balaban J connectivity index is 1.23. The molecule has 0 saturated carbocycles. The Labute approximate surface area is 226 Å². The second-order valence-corrected chi connectivity index (χ2v) is 9.05. The molecule has 11 nitrogen and oxygen atoms in total. The highest BCUT2D eigenvalue weighted by Gasteiger charge is 2.20. The number of carbonyl (C=O) groups excluding carboxylic acids is 1. The summed E-state index contributed by atoms with van der Waals surface area (Å²) < 4.78 is 16.2. The van der Waals surface area contributed by atoms with Crippen LogP contribution in [-0.2, 0) is 6.54 Å². The van der Waals surface area contributed by atoms with Gasteiger partial charge in [0.15, 0.2) is 11.5 Å². The summed E-state index contributed by atoms with van der Waals surface area (Å²) >= 11 is 0. The van der Waals surface area contributed by atoms with Crippen LogP contribution in [0.25, 0.3) is 11.3 Å². The summed E-state index contributed by atoms with van der Waals surface area (Å²) in [5.74, 6) is 2.31. The standard InChI is InChI=1S/C28H31N7O4/c1-37-23-13-20(14-24(38-2)27(23)39-3)21-15-22(33-32-21)28(36)31-25-16-26(30-18-29-25)35-11-9-34(10-12-35)17-19-7-5-4-6-8-19/h4-8,13-16,18H,9-12,17H2,1-3H3,(H,32,33)(H,29,30,31,36). The van der Waals surface area contributed by atoms with Crippen LogP contribution in [0, 0.1) is 0 Å². The van der Waals surface area contributed by atoms with Crippen molar-refractivity contribution in [2.45, 2.75) is 6.54 Å². The molecule has 1 aliphatic heterocycles. The molecule has 2 N–H and O–H groups in total. The van der Waals surface area contributed by atoms with Crippen LogP contribution in [0.1, 0.15) is 16.1 Å². The summed E-state index contributed by atoms with van der Waals surface area (Å²) in [6, 6.07) is 17.5. The molecule has 1 aliphatic rings. The summed E-state index contributed by atoms with van der Waals surface area (Å²) in [6.45, 7) is 4.48. The van der Waals surface area contributed by atoms with Crippen LogP contribution in [0.5, 0.6) is 17.2 Å². The number of amides is 1. The van der Waals surface area contributed by atoms with Gasteiger partial charge in [-0.05, 0) is 23.8 Å². The zero-order chi connectivity index (χ0) is 27.2. The number of rotatable bonds is 9. The minimum Gasteiger partial charge on any atom is -0.493 e. The normalized spacial score (nSPS) is 13.7. The number of H-pyrrole nitrogens is 1. The predicted molar refractivity (Wildman–Crippen MR) is 148 cm³/mol. The molecule has 39 heavy (non-hydrogen) atoms. The molecule has 2 aromatic heterocycles. The number of nitrogens with zero attached hydrogens (tertiary/aromatic N) is 5. The average molecular weight is 530 g/mol. The number of methoxy groups -OCH3 is 3. The molecule has 5 rings (SSSR count). The van der Waals surface area contributed by atoms with Gasteiger partial charge in [0.1, 0.15) is 23.7 Å². The van der Waals surface area contributed by atoms with Gasteiger partial charge < -0.3 is 24.4 Å². The number of aromatic nitrogens is 4. The van der Waals surface area contributed by atoms with Crippen LogP contribution < -0.4 is 24.4 Å². The maximum absolute atomic E-state index is 13.0. The number of carbonyl (C=O) groups is 1. The van der Waals surface area contributed by atoms with Crippen molar-refractivity contribution >= 4 is 17.5 Å². The van der Waals surface area contributed by atoms with Gasteiger partial charge in [0.2, 0.25) is 5.75 Å². The largest absolute Gasteiger partial charge is 0.493 e. The number of hydrogen-bond acceptors (Lipinski definition) is 9. The van der Waals surface area contributed by atoms with E-state index in [1.54, 1.807) is 45.6 Å². The van der Waals surface area contributed by atoms with E-state index in [0.717, 1.165) is 38.5 Å². The highest BCUT2D eigenvalue weighted by atomic mass is 16.5. The molecular weight excluding hydrogens is 498 g/mol. The van der Waals surface area contributed by atoms with E-state index in [9.17, 15) is 4.79 Å². The first-order valence-corrected chi connectivity index (χ1v) is 12.6. The van der Waals surface area contributed by atoms with Gasteiger partial charge in [0.05, 0.1) is 27.0 Å². The highest BCUT2D eigenvalue weighted by Crippen LogP contribution is 2.40. The van der Waals surface area contributed by atoms with Crippen molar-refractivity contribution in [3.63, 3.8) is 0 Å². The van der Waals surface area contributed by atoms with Crippen LogP contribution in [-0.4, -0.2) is 78.5 Å². The lowest BCUT2D eigenvalue weighted by Crippen LogP contribution is -2.46. The smallest absolute Gasteiger partial charge is 0.274 e. The van der Waals surface area contributed by atoms with Crippen LogP contribution in [0.2, 0.25) is 0 Å². The fourth-order valence-corrected chi connectivity index (χ4v) is 4.56. The average Bonchev–Trinajstić information content (AvgIpc) is 3.48. The molecule has 11 heteroatoms. The number of anilines is 2. The summed E-state index contributed by atoms with van der Waals surface area (Å²) in [5, 5.41) is 9.94. The molecule has 3 heterocycles. The predicted octanol–water partition coefficient (Wildman–Crippen LogP) is 3.47. The number of aromatic amines is 1. The van der Waals surface area contributed by atoms with Gasteiger partial charge in [-0.2, -0.15) is 5.10 Å². The molecule has 0 unspecified atom stereocenters. The van der Waals surface area contributed by atoms with Crippen molar-refractivity contribution in [3.05, 3.63) is 72.2 Å². The van der Waals surface area contributed by atoms with Crippen LogP contribution in [0.3, 0.4) is 0 Å². The molecule has 0 spiro atoms. The van der Waals surface area contributed by atoms with Crippen molar-refractivity contribution in [1.82, 2.24) is 25.1 Å². The Bertz CT molecular complexity index is 1390. The Kier molecular flexibility index (Phi) is 7.88. The molecule has 0 atom stereocenters. The zero-order valence-corrected chi connectivity index (χ0v) is 22.2. The molecule has 0 bridgehead atoms. The lowest BCUT2D eigenvalue weighted by molar-refractivity contribution is 0.102. The SMILES string of the molecule is COc1cc(-c2cc(C(=O)Nc3cc(N4CCN(Cc5ccccc5)CC4)ncn3)[nH]n2)cc(OC)c1OC. The molecule has 4 aromatic rings. The molecule has 0 radical (unpaired) electrons. The number of benzene rings is 2. The van der Waals surface area contributed by atoms with E-state index >= 15 is 0 Å². The molecule has 202 valence electrons. The number of ether oxygens (including phenoxy) is 3. The first kappa shape index (κ1) is 26.0. The number of nitrogens with one attached hydrogen (secondary N) is 2. The van der Waals surface area contributed by atoms with Gasteiger partial charge in [-0.25, -0.2) is 9.97 Å². The maximum Gasteiger partial charge on any atom is 0.274 e. The van der Waals surface area contributed by atoms with Crippen LogP contribution in [0.15, 0.2) is 60.9 Å². The molecule has 1 fully saturated rings. The Hall–Kier alpha value is -4.64. The van der Waals surface area contributed by atoms with E-state index < -0.39 is 0 Å². The minimum atomic E-state index is -0.362. The molecule has 0 aliphatic carbocycles. The second kappa shape index (κ2) is 11.8. The van der Waals surface area contributed by atoms with Crippen molar-refractivity contribution in [3.8, 4) is 28.5 Å². The van der Waals surface area contributed by atoms with Gasteiger partial charge in [0, 0.05) is 44.4 Å². The van der Waals surface area contributed by atoms with Crippen LogP contribution in [0.4, 0.5) is 11.6 Å². The summed E-state index contributed by atoms with van der Waals surface area (Å²) in [6.07, 6.45) is 1.47. The van der Waals surface area contributed by atoms with Crippen molar-refractivity contribution in [2.75, 3.05) is 57.7 Å². The lowest BCUT2D eigenvalue weighted by atomic mass is 10.1. The minimum absolute atomic E-state index is 0.286. The third-order valence-corrected chi connectivity index (χ3v) is 6.62. The Morgan fingerprint density at radius 1 is 0.923 bits per heavy atom. The topological polar surface area (TPSA) is 118 Å². The number of piperazine rings is 1. The van der Waals surface area contributed by atoms with E-state index in [1.165, 1.54) is 11.9 Å². The van der Waals surface area contributed by atoms with E-state index in [1.807, 2.05) is 6.07 Å². The molecule has 2 aromatic carbocycles. The van der Waals surface area contributed by atoms with Gasteiger partial charge >= 0.3 is 0 Å². The Morgan fingerprint density at radius 2 is 1.64 bits per heavy atom. The van der Waals surface area contributed by atoms with Gasteiger partial charge in [-0.3, -0.25) is 14.8 Å². The fourth-order valence-electron chi connectivity index (χ4n) is 4.56. The first-order chi connectivity index (χ1) is 19.1. The monoisotopic (exact) mass is 529 g/mol. The first-order valence-electron chi connectivity index (χ1n) is 12.6. The van der Waals surface area contributed by atoms with Crippen molar-refractivity contribution in [1.29, 1.82) is 0 Å². The third kappa shape index (κ3) is 5.93.